The summed E-state index contributed by atoms with van der Waals surface area (Å²) in [4.78, 5) is 0.209. The molecule has 0 saturated carbocycles. The zero-order valence-electron chi connectivity index (χ0n) is 11.1. The lowest BCUT2D eigenvalue weighted by molar-refractivity contribution is 0.0832. The molecule has 6 nitrogen and oxygen atoms in total. The molecule has 0 amide bonds. The highest BCUT2D eigenvalue weighted by Crippen LogP contribution is 2.17. The number of hydrogen-bond donors (Lipinski definition) is 2. The summed E-state index contributed by atoms with van der Waals surface area (Å²) in [7, 11) is -3.51. The Morgan fingerprint density at radius 3 is 2.50 bits per heavy atom. The Morgan fingerprint density at radius 1 is 1.25 bits per heavy atom. The molecule has 1 heterocycles. The van der Waals surface area contributed by atoms with Gasteiger partial charge >= 0.3 is 0 Å². The fraction of sp³-hybridized carbons (Fsp3) is 0.538. The number of benzene rings is 1. The van der Waals surface area contributed by atoms with Gasteiger partial charge in [-0.25, -0.2) is 13.1 Å². The van der Waals surface area contributed by atoms with Crippen LogP contribution in [-0.2, 0) is 14.8 Å². The smallest absolute Gasteiger partial charge is 0.240 e. The Hall–Kier alpha value is -1.15. The molecule has 1 aromatic carbocycles. The van der Waals surface area contributed by atoms with Crippen LogP contribution < -0.4 is 9.46 Å². The van der Waals surface area contributed by atoms with Crippen molar-refractivity contribution in [2.45, 2.75) is 23.8 Å². The van der Waals surface area contributed by atoms with Gasteiger partial charge < -0.3 is 14.6 Å². The molecule has 0 radical (unpaired) electrons. The van der Waals surface area contributed by atoms with Crippen molar-refractivity contribution in [2.24, 2.45) is 0 Å². The SMILES string of the molecule is O=S(=O)(NC1CCOCC1)c1ccc(OCCO)cc1. The van der Waals surface area contributed by atoms with E-state index < -0.39 is 10.0 Å². The first kappa shape index (κ1) is 15.2. The van der Waals surface area contributed by atoms with Crippen molar-refractivity contribution in [1.29, 1.82) is 0 Å². The first-order valence-electron chi connectivity index (χ1n) is 6.55. The maximum atomic E-state index is 12.2. The second kappa shape index (κ2) is 7.03. The zero-order chi connectivity index (χ0) is 14.4. The van der Waals surface area contributed by atoms with Crippen molar-refractivity contribution < 1.29 is 23.0 Å². The fourth-order valence-electron chi connectivity index (χ4n) is 1.98. The average molecular weight is 301 g/mol. The molecule has 2 rings (SSSR count). The highest BCUT2D eigenvalue weighted by molar-refractivity contribution is 7.89. The third-order valence-electron chi connectivity index (χ3n) is 3.04. The van der Waals surface area contributed by atoms with Gasteiger partial charge in [-0.3, -0.25) is 0 Å². The third kappa shape index (κ3) is 4.17. The molecule has 1 aromatic rings. The second-order valence-electron chi connectivity index (χ2n) is 4.55. The fourth-order valence-corrected chi connectivity index (χ4v) is 3.29. The van der Waals surface area contributed by atoms with E-state index in [1.54, 1.807) is 12.1 Å². The Morgan fingerprint density at radius 2 is 1.90 bits per heavy atom. The molecule has 1 aliphatic rings. The summed E-state index contributed by atoms with van der Waals surface area (Å²) in [6.07, 6.45) is 1.38. The van der Waals surface area contributed by atoms with Crippen LogP contribution in [0.15, 0.2) is 29.2 Å². The zero-order valence-corrected chi connectivity index (χ0v) is 11.9. The molecule has 0 atom stereocenters. The topological polar surface area (TPSA) is 84.9 Å². The second-order valence-corrected chi connectivity index (χ2v) is 6.27. The lowest BCUT2D eigenvalue weighted by Gasteiger charge is -2.22. The minimum Gasteiger partial charge on any atom is -0.491 e. The predicted octanol–water partition coefficient (Wildman–Crippen LogP) is 0.515. The number of sulfonamides is 1. The molecule has 0 bridgehead atoms. The molecule has 1 saturated heterocycles. The molecular weight excluding hydrogens is 282 g/mol. The number of rotatable bonds is 6. The van der Waals surface area contributed by atoms with Crippen molar-refractivity contribution in [2.75, 3.05) is 26.4 Å². The van der Waals surface area contributed by atoms with Gasteiger partial charge in [-0.2, -0.15) is 0 Å². The van der Waals surface area contributed by atoms with Crippen LogP contribution in [0.1, 0.15) is 12.8 Å². The van der Waals surface area contributed by atoms with Gasteiger partial charge in [-0.05, 0) is 37.1 Å². The Bertz CT molecular complexity index is 508. The van der Waals surface area contributed by atoms with Crippen LogP contribution in [0.3, 0.4) is 0 Å². The first-order chi connectivity index (χ1) is 9.62. The highest BCUT2D eigenvalue weighted by atomic mass is 32.2. The van der Waals surface area contributed by atoms with Gasteiger partial charge in [0.1, 0.15) is 12.4 Å². The van der Waals surface area contributed by atoms with Crippen molar-refractivity contribution in [3.8, 4) is 5.75 Å². The molecule has 1 aliphatic heterocycles. The molecule has 112 valence electrons. The molecule has 2 N–H and O–H groups in total. The Kier molecular flexibility index (Phi) is 5.36. The summed E-state index contributed by atoms with van der Waals surface area (Å²) in [5.74, 6) is 0.532. The summed E-state index contributed by atoms with van der Waals surface area (Å²) in [5, 5.41) is 8.65. The van der Waals surface area contributed by atoms with E-state index >= 15 is 0 Å². The van der Waals surface area contributed by atoms with E-state index in [-0.39, 0.29) is 24.2 Å². The van der Waals surface area contributed by atoms with Gasteiger partial charge in [0.25, 0.3) is 0 Å². The molecule has 20 heavy (non-hydrogen) atoms. The largest absolute Gasteiger partial charge is 0.491 e. The van der Waals surface area contributed by atoms with Gasteiger partial charge in [0.15, 0.2) is 0 Å². The number of nitrogens with one attached hydrogen (secondary N) is 1. The minimum atomic E-state index is -3.51. The lowest BCUT2D eigenvalue weighted by Crippen LogP contribution is -2.38. The van der Waals surface area contributed by atoms with Crippen molar-refractivity contribution in [3.05, 3.63) is 24.3 Å². The maximum absolute atomic E-state index is 12.2. The van der Waals surface area contributed by atoms with Gasteiger partial charge in [-0.1, -0.05) is 0 Å². The van der Waals surface area contributed by atoms with E-state index in [9.17, 15) is 8.42 Å². The standard InChI is InChI=1S/C13H19NO5S/c15-7-10-19-12-1-3-13(4-2-12)20(16,17)14-11-5-8-18-9-6-11/h1-4,11,14-15H,5-10H2. The molecule has 0 spiro atoms. The van der Waals surface area contributed by atoms with Crippen molar-refractivity contribution in [3.63, 3.8) is 0 Å². The highest BCUT2D eigenvalue weighted by Gasteiger charge is 2.21. The number of aliphatic hydroxyl groups is 1. The van der Waals surface area contributed by atoms with Crippen molar-refractivity contribution >= 4 is 10.0 Å². The first-order valence-corrected chi connectivity index (χ1v) is 8.04. The Labute approximate surface area is 118 Å². The van der Waals surface area contributed by atoms with E-state index in [4.69, 9.17) is 14.6 Å². The predicted molar refractivity (Wildman–Crippen MR) is 73.2 cm³/mol. The summed E-state index contributed by atoms with van der Waals surface area (Å²) in [6, 6.07) is 6.07. The average Bonchev–Trinajstić information content (AvgIpc) is 2.46. The van der Waals surface area contributed by atoms with Crippen LogP contribution in [0.5, 0.6) is 5.75 Å². The summed E-state index contributed by atoms with van der Waals surface area (Å²) < 4.78 is 37.5. The summed E-state index contributed by atoms with van der Waals surface area (Å²) in [6.45, 7) is 1.28. The summed E-state index contributed by atoms with van der Waals surface area (Å²) in [5.41, 5.74) is 0. The lowest BCUT2D eigenvalue weighted by atomic mass is 10.1. The number of ether oxygens (including phenoxy) is 2. The van der Waals surface area contributed by atoms with E-state index in [0.717, 1.165) is 0 Å². The molecule has 0 aromatic heterocycles. The molecule has 7 heteroatoms. The van der Waals surface area contributed by atoms with Crippen LogP contribution >= 0.6 is 0 Å². The van der Waals surface area contributed by atoms with Crippen LogP contribution in [0.25, 0.3) is 0 Å². The monoisotopic (exact) mass is 301 g/mol. The van der Waals surface area contributed by atoms with Gasteiger partial charge in [0.05, 0.1) is 11.5 Å². The molecular formula is C13H19NO5S. The molecule has 0 aliphatic carbocycles. The van der Waals surface area contributed by atoms with E-state index in [1.165, 1.54) is 12.1 Å². The van der Waals surface area contributed by atoms with E-state index in [1.807, 2.05) is 0 Å². The van der Waals surface area contributed by atoms with Crippen LogP contribution in [0, 0.1) is 0 Å². The van der Waals surface area contributed by atoms with Crippen LogP contribution in [-0.4, -0.2) is 46.0 Å². The normalized spacial score (nSPS) is 17.1. The van der Waals surface area contributed by atoms with Gasteiger partial charge in [0, 0.05) is 19.3 Å². The Balaban J connectivity index is 2.01. The van der Waals surface area contributed by atoms with E-state index in [2.05, 4.69) is 4.72 Å². The minimum absolute atomic E-state index is 0.0703. The quantitative estimate of drug-likeness (QED) is 0.800. The maximum Gasteiger partial charge on any atom is 0.240 e. The number of hydrogen-bond acceptors (Lipinski definition) is 5. The third-order valence-corrected chi connectivity index (χ3v) is 4.57. The molecule has 0 unspecified atom stereocenters. The van der Waals surface area contributed by atoms with Crippen molar-refractivity contribution in [1.82, 2.24) is 4.72 Å². The van der Waals surface area contributed by atoms with Crippen LogP contribution in [0.2, 0.25) is 0 Å². The van der Waals surface area contributed by atoms with Crippen LogP contribution in [0.4, 0.5) is 0 Å². The van der Waals surface area contributed by atoms with Gasteiger partial charge in [0.2, 0.25) is 10.0 Å². The van der Waals surface area contributed by atoms with E-state index in [0.29, 0.717) is 31.8 Å². The number of aliphatic hydroxyl groups excluding tert-OH is 1. The van der Waals surface area contributed by atoms with Gasteiger partial charge in [-0.15, -0.1) is 0 Å². The summed E-state index contributed by atoms with van der Waals surface area (Å²) >= 11 is 0. The molecule has 1 fully saturated rings.